The van der Waals surface area contributed by atoms with E-state index in [1.165, 1.54) is 0 Å². The van der Waals surface area contributed by atoms with E-state index in [0.717, 1.165) is 0 Å². The summed E-state index contributed by atoms with van der Waals surface area (Å²) in [6.07, 6.45) is 0. The summed E-state index contributed by atoms with van der Waals surface area (Å²) < 4.78 is 34.5. The molecule has 0 aromatic carbocycles. The van der Waals surface area contributed by atoms with Crippen molar-refractivity contribution in [3.8, 4) is 0 Å². The molecule has 0 aliphatic rings. The average Bonchev–Trinajstić information content (AvgIpc) is 0.722. The fraction of sp³-hybridized carbons (Fsp3) is 0. The molecule has 0 spiro atoms. The molecule has 0 aliphatic carbocycles. The molecule has 0 atom stereocenters. The zero-order valence-electron chi connectivity index (χ0n) is 4.01. The van der Waals surface area contributed by atoms with Gasteiger partial charge in [-0.15, -0.1) is 0 Å². The van der Waals surface area contributed by atoms with Crippen molar-refractivity contribution in [2.24, 2.45) is 0 Å². The Balaban J connectivity index is -0.0000000267. The summed E-state index contributed by atoms with van der Waals surface area (Å²) in [6, 6.07) is 0. The van der Waals surface area contributed by atoms with Gasteiger partial charge in [-0.3, -0.25) is 0 Å². The van der Waals surface area contributed by atoms with Crippen molar-refractivity contribution in [1.29, 1.82) is 0 Å². The van der Waals surface area contributed by atoms with Gasteiger partial charge in [0.15, 0.2) is 0 Å². The van der Waals surface area contributed by atoms with Crippen LogP contribution >= 0.6 is 0 Å². The SMILES string of the molecule is O.O.[Na+].[O]=[Tc](=[O])(=[O])[O-]. The molecule has 0 aromatic heterocycles. The van der Waals surface area contributed by atoms with E-state index in [2.05, 4.69) is 0 Å². The Morgan fingerprint density at radius 2 is 1.00 bits per heavy atom. The summed E-state index contributed by atoms with van der Waals surface area (Å²) in [5.74, 6) is 0. The molecule has 0 rings (SSSR count). The number of rotatable bonds is 0. The summed E-state index contributed by atoms with van der Waals surface area (Å²) in [5.41, 5.74) is 0. The molecule has 0 radical (unpaired) electrons. The van der Waals surface area contributed by atoms with Crippen LogP contribution in [0.15, 0.2) is 0 Å². The van der Waals surface area contributed by atoms with Gasteiger partial charge in [-0.05, 0) is 0 Å². The third kappa shape index (κ3) is 282. The Labute approximate surface area is 70.0 Å². The predicted octanol–water partition coefficient (Wildman–Crippen LogP) is -6.19. The molecule has 0 amide bonds. The van der Waals surface area contributed by atoms with Gasteiger partial charge >= 0.3 is 59.5 Å². The van der Waals surface area contributed by atoms with E-state index in [-0.39, 0.29) is 40.5 Å². The van der Waals surface area contributed by atoms with Crippen LogP contribution in [0.4, 0.5) is 0 Å². The quantitative estimate of drug-likeness (QED) is 0.375. The summed E-state index contributed by atoms with van der Waals surface area (Å²) in [5, 5.41) is 0. The van der Waals surface area contributed by atoms with Gasteiger partial charge in [0, 0.05) is 0 Å². The maximum absolute atomic E-state index is 8.62. The number of hydrogen-bond donors (Lipinski definition) is 0. The van der Waals surface area contributed by atoms with Gasteiger partial charge in [0.1, 0.15) is 0 Å². The Kier molecular flexibility index (Phi) is 22.9. The van der Waals surface area contributed by atoms with Gasteiger partial charge in [0.25, 0.3) is 0 Å². The first kappa shape index (κ1) is 23.1. The molecule has 0 heterocycles. The Hall–Kier alpha value is 0.929. The van der Waals surface area contributed by atoms with Crippen LogP contribution in [0.2, 0.25) is 0 Å². The molecule has 48 valence electrons. The van der Waals surface area contributed by atoms with Crippen LogP contribution in [0, 0.1) is 0 Å². The fourth-order valence-corrected chi connectivity index (χ4v) is 0. The van der Waals surface area contributed by atoms with Gasteiger partial charge in [-0.2, -0.15) is 0 Å². The van der Waals surface area contributed by atoms with Gasteiger partial charge in [0.05, 0.1) is 0 Å². The van der Waals surface area contributed by atoms with E-state index in [0.29, 0.717) is 0 Å². The van der Waals surface area contributed by atoms with Crippen LogP contribution in [0.1, 0.15) is 0 Å². The molecule has 4 N–H and O–H groups in total. The van der Waals surface area contributed by atoms with Gasteiger partial charge in [-0.25, -0.2) is 0 Å². The second-order valence-corrected chi connectivity index (χ2v) is 2.24. The van der Waals surface area contributed by atoms with Crippen molar-refractivity contribution >= 4 is 0 Å². The zero-order valence-corrected chi connectivity index (χ0v) is 7.87. The zero-order chi connectivity index (χ0) is 4.50. The fourth-order valence-electron chi connectivity index (χ4n) is 0. The van der Waals surface area contributed by atoms with E-state index < -0.39 is 15.5 Å². The monoisotopic (exact) mass is 220 g/mol. The molecule has 0 saturated carbocycles. The van der Waals surface area contributed by atoms with Crippen LogP contribution in [-0.2, 0) is 26.0 Å². The molecule has 8 heavy (non-hydrogen) atoms. The van der Waals surface area contributed by atoms with Crippen molar-refractivity contribution in [3.63, 3.8) is 0 Å². The first-order chi connectivity index (χ1) is 2.00. The maximum atomic E-state index is 8.62. The van der Waals surface area contributed by atoms with Crippen molar-refractivity contribution in [3.05, 3.63) is 0 Å². The third-order valence-electron chi connectivity index (χ3n) is 0. The third-order valence-corrected chi connectivity index (χ3v) is 0. The standard InChI is InChI=1S/Na.2H2O.4O.Tc/h;2*1H2;;;;;/q+1;;;;;;-1;. The van der Waals surface area contributed by atoms with Crippen LogP contribution in [0.25, 0.3) is 0 Å². The molecule has 0 fully saturated rings. The van der Waals surface area contributed by atoms with Crippen molar-refractivity contribution in [2.45, 2.75) is 0 Å². The molecule has 6 nitrogen and oxygen atoms in total. The second kappa shape index (κ2) is 7.93. The minimum atomic E-state index is -5.94. The molecule has 0 unspecified atom stereocenters. The van der Waals surface area contributed by atoms with E-state index in [4.69, 9.17) is 14.4 Å². The van der Waals surface area contributed by atoms with Crippen molar-refractivity contribution < 1.29 is 70.4 Å². The Morgan fingerprint density at radius 3 is 1.00 bits per heavy atom. The van der Waals surface area contributed by atoms with Crippen LogP contribution in [0.5, 0.6) is 0 Å². The van der Waals surface area contributed by atoms with Crippen LogP contribution in [-0.4, -0.2) is 11.0 Å². The van der Waals surface area contributed by atoms with E-state index in [1.807, 2.05) is 0 Å². The van der Waals surface area contributed by atoms with Gasteiger partial charge in [0.2, 0.25) is 0 Å². The molecular formula is H4NaO6Tc. The van der Waals surface area contributed by atoms with Gasteiger partial charge < -0.3 is 11.0 Å². The molecule has 8 heteroatoms. The predicted molar refractivity (Wildman–Crippen MR) is 9.29 cm³/mol. The van der Waals surface area contributed by atoms with Crippen molar-refractivity contribution in [2.75, 3.05) is 0 Å². The summed E-state index contributed by atoms with van der Waals surface area (Å²) >= 11 is -5.94. The summed E-state index contributed by atoms with van der Waals surface area (Å²) in [4.78, 5) is 0. The number of hydrogen-bond acceptors (Lipinski definition) is 4. The first-order valence-corrected chi connectivity index (χ1v) is 3.65. The van der Waals surface area contributed by atoms with E-state index in [1.54, 1.807) is 0 Å². The van der Waals surface area contributed by atoms with Gasteiger partial charge in [-0.1, -0.05) is 0 Å². The minimum absolute atomic E-state index is 0. The van der Waals surface area contributed by atoms with E-state index >= 15 is 0 Å². The van der Waals surface area contributed by atoms with E-state index in [9.17, 15) is 0 Å². The van der Waals surface area contributed by atoms with Crippen molar-refractivity contribution in [1.82, 2.24) is 0 Å². The normalized spacial score (nSPS) is 7.12. The molecule has 0 aromatic rings. The summed E-state index contributed by atoms with van der Waals surface area (Å²) in [6.45, 7) is 0. The average molecular weight is 221 g/mol. The summed E-state index contributed by atoms with van der Waals surface area (Å²) in [7, 11) is 0. The molecule has 0 saturated heterocycles. The first-order valence-electron chi connectivity index (χ1n) is 0.617. The topological polar surface area (TPSA) is 137 Å². The Bertz CT molecular complexity index is 130. The second-order valence-electron chi connectivity index (χ2n) is 0.378. The molecular weight excluding hydrogens is 217 g/mol. The van der Waals surface area contributed by atoms with Crippen LogP contribution in [0.3, 0.4) is 0 Å². The Morgan fingerprint density at radius 1 is 1.00 bits per heavy atom. The molecule has 0 bridgehead atoms. The molecule has 0 aliphatic heterocycles. The van der Waals surface area contributed by atoms with Crippen LogP contribution < -0.4 is 33.4 Å².